The number of rotatable bonds is 32. The van der Waals surface area contributed by atoms with E-state index in [1.165, 1.54) is 41.7 Å². The average Bonchev–Trinajstić information content (AvgIpc) is 1.82. The van der Waals surface area contributed by atoms with Crippen molar-refractivity contribution in [2.24, 2.45) is 22.4 Å². The van der Waals surface area contributed by atoms with Gasteiger partial charge < -0.3 is 89.4 Å². The van der Waals surface area contributed by atoms with Crippen molar-refractivity contribution in [3.05, 3.63) is 120 Å². The summed E-state index contributed by atoms with van der Waals surface area (Å²) in [7, 11) is 0. The van der Waals surface area contributed by atoms with Crippen molar-refractivity contribution in [2.45, 2.75) is 146 Å². The number of nitrogens with zero attached hydrogens (tertiary/aromatic N) is 3. The van der Waals surface area contributed by atoms with Gasteiger partial charge in [0, 0.05) is 97.8 Å². The number of carbonyl (C=O) groups is 10. The Morgan fingerprint density at radius 1 is 0.656 bits per heavy atom. The molecule has 3 aromatic carbocycles. The van der Waals surface area contributed by atoms with E-state index in [1.54, 1.807) is 43.6 Å². The van der Waals surface area contributed by atoms with E-state index in [9.17, 15) is 48.6 Å². The molecule has 6 aromatic rings. The Labute approximate surface area is 536 Å². The maximum atomic E-state index is 15.1. The number of fused-ring (bicyclic) bond motifs is 2. The number of amides is 10. The second-order valence-corrected chi connectivity index (χ2v) is 23.7. The molecule has 3 aromatic heterocycles. The van der Waals surface area contributed by atoms with Crippen LogP contribution in [0, 0.1) is 5.92 Å². The zero-order valence-electron chi connectivity index (χ0n) is 52.1. The first-order chi connectivity index (χ1) is 44.7. The Bertz CT molecular complexity index is 3640. The molecular formula is C64H83N17O12. The molecule has 10 amide bonds. The molecule has 18 N–H and O–H groups in total. The smallest absolute Gasteiger partial charge is 0.245 e. The van der Waals surface area contributed by atoms with Crippen molar-refractivity contribution >= 4 is 86.8 Å². The van der Waals surface area contributed by atoms with E-state index in [4.69, 9.17) is 11.5 Å². The van der Waals surface area contributed by atoms with Crippen LogP contribution in [0.3, 0.4) is 0 Å². The third kappa shape index (κ3) is 18.9. The molecule has 0 unspecified atom stereocenters. The number of aliphatic imine (C=N–C) groups is 1. The normalized spacial score (nSPS) is 16.8. The summed E-state index contributed by atoms with van der Waals surface area (Å²) >= 11 is 0. The summed E-state index contributed by atoms with van der Waals surface area (Å²) < 4.78 is 0. The number of imidazole rings is 1. The van der Waals surface area contributed by atoms with Crippen molar-refractivity contribution in [3.63, 3.8) is 0 Å². The first-order valence-electron chi connectivity index (χ1n) is 31.2. The van der Waals surface area contributed by atoms with Crippen molar-refractivity contribution in [2.75, 3.05) is 26.2 Å². The number of carbonyl (C=O) groups excluding carboxylic acids is 10. The van der Waals surface area contributed by atoms with Crippen LogP contribution in [-0.4, -0.2) is 181 Å². The van der Waals surface area contributed by atoms with Crippen molar-refractivity contribution in [1.29, 1.82) is 0 Å². The number of H-pyrrole nitrogens is 3. The first-order valence-corrected chi connectivity index (χ1v) is 31.2. The van der Waals surface area contributed by atoms with Crippen molar-refractivity contribution < 1.29 is 58.2 Å². The van der Waals surface area contributed by atoms with Crippen LogP contribution in [0.1, 0.15) is 88.1 Å². The molecule has 8 rings (SSSR count). The Balaban J connectivity index is 1.05. The predicted octanol–water partition coefficient (Wildman–Crippen LogP) is -0.760. The quantitative estimate of drug-likeness (QED) is 0.0140. The van der Waals surface area contributed by atoms with Gasteiger partial charge in [-0.15, -0.1) is 0 Å². The van der Waals surface area contributed by atoms with E-state index in [2.05, 4.69) is 72.8 Å². The van der Waals surface area contributed by atoms with Gasteiger partial charge in [-0.2, -0.15) is 0 Å². The number of para-hydroxylation sites is 2. The number of aromatic amines is 3. The zero-order valence-corrected chi connectivity index (χ0v) is 52.1. The van der Waals surface area contributed by atoms with Gasteiger partial charge in [0.05, 0.1) is 12.9 Å². The van der Waals surface area contributed by atoms with Crippen LogP contribution in [0.2, 0.25) is 0 Å². The van der Waals surface area contributed by atoms with Gasteiger partial charge in [-0.25, -0.2) is 4.98 Å². The summed E-state index contributed by atoms with van der Waals surface area (Å²) in [5, 5.41) is 47.0. The number of benzene rings is 3. The molecule has 0 spiro atoms. The Kier molecular flexibility index (Phi) is 24.1. The van der Waals surface area contributed by atoms with Gasteiger partial charge in [0.1, 0.15) is 60.1 Å². The lowest BCUT2D eigenvalue weighted by Crippen LogP contribution is -2.61. The molecule has 29 nitrogen and oxygen atoms in total. The third-order valence-corrected chi connectivity index (χ3v) is 16.3. The number of phenolic OH excluding ortho intramolecular Hbond substituents is 1. The SMILES string of the molecule is CCNC(=O)[C@H]1CCCN1C(=O)[C@H](CCCN=C(N)N)NC(=O)[C@H](CC(C)C)NC(=O)[C@@H](Cc1c[nH]c2ccccc12)NC(=O)[C@H](Cc1ccc(O)cc1)NC(=O)[C@H](CO)NC(=O)[C@H](Cc1c[nH]c2ccccc12)NC(=O)[C@H](Cc1cnc[nH]1)NC(=O)[C@@H]1CCC(=O)N1. The van der Waals surface area contributed by atoms with Gasteiger partial charge in [-0.3, -0.25) is 52.9 Å². The molecule has 0 radical (unpaired) electrons. The van der Waals surface area contributed by atoms with Crippen LogP contribution in [0.25, 0.3) is 21.8 Å². The van der Waals surface area contributed by atoms with Crippen molar-refractivity contribution in [3.8, 4) is 5.75 Å². The maximum Gasteiger partial charge on any atom is 0.245 e. The molecule has 496 valence electrons. The number of guanidine groups is 1. The number of hydrogen-bond donors (Lipinski definition) is 16. The molecule has 29 heteroatoms. The Morgan fingerprint density at radius 3 is 1.73 bits per heavy atom. The van der Waals surface area contributed by atoms with Gasteiger partial charge in [-0.1, -0.05) is 62.4 Å². The second-order valence-electron chi connectivity index (χ2n) is 23.7. The van der Waals surface area contributed by atoms with Crippen LogP contribution in [-0.2, 0) is 73.6 Å². The van der Waals surface area contributed by atoms with E-state index in [1.807, 2.05) is 38.1 Å². The largest absolute Gasteiger partial charge is 0.508 e. The number of nitrogens with two attached hydrogens (primary N) is 2. The molecule has 2 aliphatic heterocycles. The van der Waals surface area contributed by atoms with Crippen LogP contribution >= 0.6 is 0 Å². The molecule has 2 fully saturated rings. The van der Waals surface area contributed by atoms with Crippen LogP contribution in [0.4, 0.5) is 0 Å². The predicted molar refractivity (Wildman–Crippen MR) is 343 cm³/mol. The summed E-state index contributed by atoms with van der Waals surface area (Å²) in [6.07, 6.45) is 7.10. The number of aromatic hydroxyl groups is 1. The summed E-state index contributed by atoms with van der Waals surface area (Å²) in [6.45, 7) is 5.14. The lowest BCUT2D eigenvalue weighted by molar-refractivity contribution is -0.142. The summed E-state index contributed by atoms with van der Waals surface area (Å²) in [6, 6.07) is 8.42. The van der Waals surface area contributed by atoms with Gasteiger partial charge >= 0.3 is 0 Å². The molecule has 2 saturated heterocycles. The summed E-state index contributed by atoms with van der Waals surface area (Å²) in [5.41, 5.74) is 14.6. The highest BCUT2D eigenvalue weighted by Crippen LogP contribution is 2.24. The lowest BCUT2D eigenvalue weighted by atomic mass is 9.99. The number of likely N-dealkylation sites (N-methyl/N-ethyl adjacent to an activating group) is 1. The average molecular weight is 1280 g/mol. The minimum absolute atomic E-state index is 0.0647. The number of nitrogens with one attached hydrogen (secondary N) is 12. The van der Waals surface area contributed by atoms with E-state index < -0.39 is 108 Å². The van der Waals surface area contributed by atoms with Gasteiger partial charge in [-0.05, 0) is 92.3 Å². The molecule has 9 atom stereocenters. The number of hydrogen-bond acceptors (Lipinski definition) is 14. The van der Waals surface area contributed by atoms with E-state index in [-0.39, 0.29) is 100 Å². The highest BCUT2D eigenvalue weighted by Gasteiger charge is 2.40. The number of aromatic nitrogens is 4. The topological polar surface area (TPSA) is 447 Å². The second kappa shape index (κ2) is 32.6. The molecule has 0 saturated carbocycles. The van der Waals surface area contributed by atoms with Crippen molar-refractivity contribution in [1.82, 2.24) is 72.7 Å². The third-order valence-electron chi connectivity index (χ3n) is 16.3. The minimum atomic E-state index is -1.78. The molecular weight excluding hydrogens is 1200 g/mol. The van der Waals surface area contributed by atoms with E-state index >= 15 is 9.59 Å². The number of aliphatic hydroxyl groups excluding tert-OH is 1. The fourth-order valence-electron chi connectivity index (χ4n) is 11.5. The van der Waals surface area contributed by atoms with Gasteiger partial charge in [0.2, 0.25) is 59.1 Å². The zero-order chi connectivity index (χ0) is 66.7. The number of aliphatic hydroxyl groups is 1. The van der Waals surface area contributed by atoms with Gasteiger partial charge in [0.25, 0.3) is 0 Å². The van der Waals surface area contributed by atoms with Crippen LogP contribution in [0.5, 0.6) is 5.75 Å². The fraction of sp³-hybridized carbons (Fsp3) is 0.438. The van der Waals surface area contributed by atoms with E-state index in [0.717, 1.165) is 0 Å². The molecule has 5 heterocycles. The lowest BCUT2D eigenvalue weighted by Gasteiger charge is -2.30. The standard InChI is InChI=1S/C64H83N17O12/c1-4-68-62(92)53-16-10-24-81(53)63(93)46(15-9-23-69-64(65)66)74-56(86)47(25-35(2)3)75-58(88)49(27-37-30-70-43-13-7-5-11-41(37)43)77-57(87)48(26-36-17-19-40(83)20-18-36)76-61(91)52(33-82)80-59(89)50(28-38-31-71-44-14-8-6-12-42(38)44)78-60(90)51(29-39-32-67-34-72-39)79-55(85)45-21-22-54(84)73-45/h5-8,11-14,17-20,30-32,34-35,45-53,70-71,82-83H,4,9-10,15-16,21-29,33H2,1-3H3,(H,67,72)(H,68,92)(H,73,84)(H,74,86)(H,75,88)(H,76,91)(H,77,87)(H,78,90)(H,79,85)(H,80,89)(H4,65,66,69)/t45-,46-,47-,48-,49+,50-,51-,52-,53+/m0/s1. The van der Waals surface area contributed by atoms with Crippen LogP contribution < -0.4 is 59.3 Å². The number of likely N-dealkylation sites (tertiary alicyclic amines) is 1. The molecule has 0 bridgehead atoms. The Hall–Kier alpha value is -10.3. The number of phenols is 1. The molecule has 0 aliphatic carbocycles. The fourth-order valence-corrected chi connectivity index (χ4v) is 11.5. The highest BCUT2D eigenvalue weighted by molar-refractivity contribution is 6.00. The monoisotopic (exact) mass is 1280 g/mol. The maximum absolute atomic E-state index is 15.1. The van der Waals surface area contributed by atoms with Gasteiger partial charge in [0.15, 0.2) is 5.96 Å². The Morgan fingerprint density at radius 2 is 1.19 bits per heavy atom. The molecule has 93 heavy (non-hydrogen) atoms. The first kappa shape index (κ1) is 68.6. The summed E-state index contributed by atoms with van der Waals surface area (Å²) in [5.74, 6) is -7.58. The van der Waals surface area contributed by atoms with Crippen LogP contribution in [0.15, 0.2) is 103 Å². The summed E-state index contributed by atoms with van der Waals surface area (Å²) in [4.78, 5) is 160. The highest BCUT2D eigenvalue weighted by atomic mass is 16.3. The van der Waals surface area contributed by atoms with E-state index in [0.29, 0.717) is 63.6 Å². The minimum Gasteiger partial charge on any atom is -0.508 e. The molecule has 2 aliphatic rings.